The van der Waals surface area contributed by atoms with E-state index in [1.807, 2.05) is 6.08 Å². The number of esters is 1. The summed E-state index contributed by atoms with van der Waals surface area (Å²) in [6.45, 7) is 4.18. The minimum atomic E-state index is -0.611. The number of carbonyl (C=O) groups is 1. The fourth-order valence-corrected chi connectivity index (χ4v) is 4.84. The Bertz CT molecular complexity index is 508. The Kier molecular flexibility index (Phi) is 1.30. The normalized spacial score (nSPS) is 61.8. The molecule has 3 nitrogen and oxygen atoms in total. The lowest BCUT2D eigenvalue weighted by molar-refractivity contribution is -0.155. The quantitative estimate of drug-likeness (QED) is 0.509. The summed E-state index contributed by atoms with van der Waals surface area (Å²) < 4.78 is 5.72. The van der Waals surface area contributed by atoms with Crippen LogP contribution in [0.25, 0.3) is 0 Å². The van der Waals surface area contributed by atoms with Crippen LogP contribution in [0.15, 0.2) is 24.3 Å². The van der Waals surface area contributed by atoms with Crippen LogP contribution in [0.3, 0.4) is 0 Å². The molecule has 1 aliphatic heterocycles. The van der Waals surface area contributed by atoms with Crippen LogP contribution in [0.2, 0.25) is 0 Å². The lowest BCUT2D eigenvalue weighted by Gasteiger charge is -2.51. The topological polar surface area (TPSA) is 46.5 Å². The van der Waals surface area contributed by atoms with Crippen LogP contribution in [-0.2, 0) is 9.53 Å². The summed E-state index contributed by atoms with van der Waals surface area (Å²) in [5, 5.41) is 10.8. The predicted octanol–water partition coefficient (Wildman–Crippen LogP) is 1.58. The summed E-state index contributed by atoms with van der Waals surface area (Å²) in [5.74, 6) is -0.169. The fourth-order valence-electron chi connectivity index (χ4n) is 4.84. The van der Waals surface area contributed by atoms with Gasteiger partial charge in [0.05, 0.1) is 17.9 Å². The predicted molar refractivity (Wildman–Crippen MR) is 61.0 cm³/mol. The summed E-state index contributed by atoms with van der Waals surface area (Å²) in [7, 11) is 0. The maximum absolute atomic E-state index is 11.7. The van der Waals surface area contributed by atoms with Crippen LogP contribution in [0.1, 0.15) is 26.7 Å². The molecule has 0 aromatic rings. The molecule has 3 aliphatic carbocycles. The lowest BCUT2D eigenvalue weighted by atomic mass is 9.54. The highest BCUT2D eigenvalue weighted by Gasteiger charge is 2.84. The van der Waals surface area contributed by atoms with Crippen molar-refractivity contribution in [3.05, 3.63) is 24.3 Å². The minimum Gasteiger partial charge on any atom is -0.453 e. The molecule has 0 radical (unpaired) electrons. The number of hydrogen-bond donors (Lipinski definition) is 1. The Morgan fingerprint density at radius 2 is 2.12 bits per heavy atom. The highest BCUT2D eigenvalue weighted by Crippen LogP contribution is 2.78. The van der Waals surface area contributed by atoms with Gasteiger partial charge in [-0.05, 0) is 12.5 Å². The largest absolute Gasteiger partial charge is 0.453 e. The van der Waals surface area contributed by atoms with Crippen LogP contribution in [0.5, 0.6) is 0 Å². The summed E-state index contributed by atoms with van der Waals surface area (Å²) in [6.07, 6.45) is 8.84. The Morgan fingerprint density at radius 3 is 2.76 bits per heavy atom. The second kappa shape index (κ2) is 2.24. The maximum Gasteiger partial charge on any atom is 0.307 e. The first-order valence-corrected chi connectivity index (χ1v) is 6.20. The molecule has 5 atom stereocenters. The number of ether oxygens (including phenoxy) is 1. The van der Waals surface area contributed by atoms with Gasteiger partial charge in [-0.2, -0.15) is 0 Å². The van der Waals surface area contributed by atoms with Crippen molar-refractivity contribution in [2.75, 3.05) is 0 Å². The van der Waals surface area contributed by atoms with Crippen molar-refractivity contribution in [1.82, 2.24) is 0 Å². The first kappa shape index (κ1) is 9.89. The highest BCUT2D eigenvalue weighted by atomic mass is 16.6. The van der Waals surface area contributed by atoms with Gasteiger partial charge in [-0.3, -0.25) is 4.79 Å². The molecule has 17 heavy (non-hydrogen) atoms. The summed E-state index contributed by atoms with van der Waals surface area (Å²) in [6, 6.07) is 0. The zero-order valence-corrected chi connectivity index (χ0v) is 10.1. The molecule has 0 spiro atoms. The van der Waals surface area contributed by atoms with Crippen molar-refractivity contribution in [1.29, 1.82) is 0 Å². The van der Waals surface area contributed by atoms with E-state index in [1.54, 1.807) is 0 Å². The second-order valence-electron chi connectivity index (χ2n) is 6.37. The number of carbonyl (C=O) groups excluding carboxylic acids is 1. The molecule has 1 saturated carbocycles. The molecule has 0 aromatic carbocycles. The molecule has 1 N–H and O–H groups in total. The Hall–Kier alpha value is -1.09. The Balaban J connectivity index is 2.04. The zero-order chi connectivity index (χ0) is 12.1. The molecule has 0 aromatic heterocycles. The lowest BCUT2D eigenvalue weighted by Crippen LogP contribution is -2.53. The van der Waals surface area contributed by atoms with E-state index in [2.05, 4.69) is 32.1 Å². The number of rotatable bonds is 0. The summed E-state index contributed by atoms with van der Waals surface area (Å²) in [5.41, 5.74) is -1.58. The number of aliphatic hydroxyl groups is 1. The van der Waals surface area contributed by atoms with Gasteiger partial charge in [-0.15, -0.1) is 0 Å². The standard InChI is InChI=1S/C14H16O3/c1-11-6-7-12(11,2)14-5-3-4-13(14,10(11)16)8-9(15)17-14/h3,5-7,10,16H,4,8H2,1-2H3/t10-,11+,12+,13+,14-/m0/s1. The van der Waals surface area contributed by atoms with Gasteiger partial charge in [0, 0.05) is 10.8 Å². The van der Waals surface area contributed by atoms with Crippen molar-refractivity contribution >= 4 is 5.97 Å². The van der Waals surface area contributed by atoms with Gasteiger partial charge in [0.15, 0.2) is 0 Å². The number of aliphatic hydroxyl groups excluding tert-OH is 1. The molecule has 1 heterocycles. The Morgan fingerprint density at radius 1 is 1.35 bits per heavy atom. The van der Waals surface area contributed by atoms with Crippen molar-refractivity contribution in [3.8, 4) is 0 Å². The van der Waals surface area contributed by atoms with Crippen molar-refractivity contribution in [2.24, 2.45) is 16.2 Å². The molecule has 2 fully saturated rings. The smallest absolute Gasteiger partial charge is 0.307 e. The van der Waals surface area contributed by atoms with E-state index < -0.39 is 17.1 Å². The second-order valence-corrected chi connectivity index (χ2v) is 6.37. The SMILES string of the molecule is C[C@@]12C=C[C@]1(C)[C@H](O)[C@]13CC=C[C@@]12OC(=O)C3. The van der Waals surface area contributed by atoms with Gasteiger partial charge >= 0.3 is 5.97 Å². The van der Waals surface area contributed by atoms with Crippen molar-refractivity contribution < 1.29 is 14.6 Å². The molecule has 4 aliphatic rings. The van der Waals surface area contributed by atoms with E-state index in [0.29, 0.717) is 6.42 Å². The molecule has 0 amide bonds. The average Bonchev–Trinajstić information content (AvgIpc) is 2.78. The number of hydrogen-bond acceptors (Lipinski definition) is 3. The molecular formula is C14H16O3. The van der Waals surface area contributed by atoms with Crippen molar-refractivity contribution in [2.45, 2.75) is 38.4 Å². The molecule has 4 rings (SSSR count). The van der Waals surface area contributed by atoms with Gasteiger partial charge in [-0.1, -0.05) is 32.1 Å². The first-order valence-electron chi connectivity index (χ1n) is 6.20. The van der Waals surface area contributed by atoms with E-state index >= 15 is 0 Å². The molecule has 0 unspecified atom stereocenters. The van der Waals surface area contributed by atoms with Gasteiger partial charge in [0.1, 0.15) is 5.60 Å². The van der Waals surface area contributed by atoms with Crippen LogP contribution in [0.4, 0.5) is 0 Å². The Labute approximate surface area is 100 Å². The van der Waals surface area contributed by atoms with E-state index in [9.17, 15) is 9.90 Å². The van der Waals surface area contributed by atoms with Crippen molar-refractivity contribution in [3.63, 3.8) is 0 Å². The molecular weight excluding hydrogens is 216 g/mol. The first-order chi connectivity index (χ1) is 7.92. The van der Waals surface area contributed by atoms with Gasteiger partial charge < -0.3 is 9.84 Å². The van der Waals surface area contributed by atoms with Crippen LogP contribution >= 0.6 is 0 Å². The fraction of sp³-hybridized carbons (Fsp3) is 0.643. The maximum atomic E-state index is 11.7. The van der Waals surface area contributed by atoms with Gasteiger partial charge in [0.2, 0.25) is 0 Å². The third kappa shape index (κ3) is 0.628. The average molecular weight is 232 g/mol. The highest BCUT2D eigenvalue weighted by molar-refractivity contribution is 5.77. The van der Waals surface area contributed by atoms with Gasteiger partial charge in [0.25, 0.3) is 0 Å². The summed E-state index contributed by atoms with van der Waals surface area (Å²) >= 11 is 0. The third-order valence-electron chi connectivity index (χ3n) is 6.05. The van der Waals surface area contributed by atoms with E-state index in [1.165, 1.54) is 0 Å². The molecule has 3 heteroatoms. The van der Waals surface area contributed by atoms with E-state index in [-0.39, 0.29) is 16.8 Å². The van der Waals surface area contributed by atoms with Gasteiger partial charge in [-0.25, -0.2) is 0 Å². The van der Waals surface area contributed by atoms with Crippen LogP contribution < -0.4 is 0 Å². The summed E-state index contributed by atoms with van der Waals surface area (Å²) in [4.78, 5) is 11.7. The monoisotopic (exact) mass is 232 g/mol. The molecule has 0 bridgehead atoms. The van der Waals surface area contributed by atoms with Crippen LogP contribution in [-0.4, -0.2) is 22.8 Å². The molecule has 1 saturated heterocycles. The molecule has 90 valence electrons. The third-order valence-corrected chi connectivity index (χ3v) is 6.05. The zero-order valence-electron chi connectivity index (χ0n) is 10.1. The number of allylic oxidation sites excluding steroid dienone is 1. The minimum absolute atomic E-state index is 0.169. The number of fused-ring (bicyclic) bond motifs is 1. The van der Waals surface area contributed by atoms with E-state index in [4.69, 9.17) is 4.74 Å². The van der Waals surface area contributed by atoms with E-state index in [0.717, 1.165) is 6.42 Å². The van der Waals surface area contributed by atoms with Crippen LogP contribution in [0, 0.1) is 16.2 Å².